The van der Waals surface area contributed by atoms with Crippen LogP contribution in [0.15, 0.2) is 22.1 Å². The molecule has 4 nitrogen and oxygen atoms in total. The molecule has 24 heavy (non-hydrogen) atoms. The van der Waals surface area contributed by atoms with Gasteiger partial charge in [0.15, 0.2) is 0 Å². The first-order valence-corrected chi connectivity index (χ1v) is 8.90. The zero-order valence-corrected chi connectivity index (χ0v) is 15.6. The molecule has 0 aliphatic carbocycles. The van der Waals surface area contributed by atoms with E-state index in [0.717, 1.165) is 22.9 Å². The molecule has 2 aliphatic rings. The second kappa shape index (κ2) is 6.58. The third-order valence-corrected chi connectivity index (χ3v) is 4.92. The Morgan fingerprint density at radius 2 is 1.21 bits per heavy atom. The van der Waals surface area contributed by atoms with Gasteiger partial charge in [0, 0.05) is 11.1 Å². The number of hydrogen-bond acceptors (Lipinski definition) is 4. The number of ether oxygens (including phenoxy) is 2. The number of rotatable bonds is 4. The van der Waals surface area contributed by atoms with Crippen molar-refractivity contribution in [1.82, 2.24) is 0 Å². The Bertz CT molecular complexity index is 634. The molecule has 3 rings (SSSR count). The molecular formula is C20H28N2O2. The van der Waals surface area contributed by atoms with Crippen molar-refractivity contribution in [3.63, 3.8) is 0 Å². The number of aliphatic imine (C=N–C) groups is 2. The zero-order valence-electron chi connectivity index (χ0n) is 15.6. The van der Waals surface area contributed by atoms with Gasteiger partial charge in [0.25, 0.3) is 0 Å². The lowest BCUT2D eigenvalue weighted by atomic mass is 9.99. The number of benzene rings is 1. The normalized spacial score (nSPS) is 23.3. The van der Waals surface area contributed by atoms with Crippen molar-refractivity contribution in [3.05, 3.63) is 34.4 Å². The van der Waals surface area contributed by atoms with E-state index >= 15 is 0 Å². The van der Waals surface area contributed by atoms with Gasteiger partial charge in [-0.2, -0.15) is 0 Å². The summed E-state index contributed by atoms with van der Waals surface area (Å²) in [6.07, 6.45) is 0. The second-order valence-electron chi connectivity index (χ2n) is 7.60. The molecule has 4 heteroatoms. The first-order chi connectivity index (χ1) is 11.4. The molecule has 0 saturated carbocycles. The Balaban J connectivity index is 1.96. The second-order valence-corrected chi connectivity index (χ2v) is 7.60. The molecule has 2 aliphatic heterocycles. The smallest absolute Gasteiger partial charge is 0.216 e. The van der Waals surface area contributed by atoms with E-state index in [1.807, 2.05) is 0 Å². The summed E-state index contributed by atoms with van der Waals surface area (Å²) in [7, 11) is 0. The molecule has 0 bridgehead atoms. The average Bonchev–Trinajstić information content (AvgIpc) is 3.16. The van der Waals surface area contributed by atoms with Gasteiger partial charge in [0.05, 0.1) is 12.1 Å². The fraction of sp³-hybridized carbons (Fsp3) is 0.600. The van der Waals surface area contributed by atoms with Gasteiger partial charge in [-0.1, -0.05) is 33.8 Å². The summed E-state index contributed by atoms with van der Waals surface area (Å²) in [5.41, 5.74) is 4.47. The Hall–Kier alpha value is -1.84. The van der Waals surface area contributed by atoms with Crippen molar-refractivity contribution >= 4 is 11.8 Å². The molecule has 0 amide bonds. The van der Waals surface area contributed by atoms with Crippen LogP contribution in [0, 0.1) is 25.7 Å². The minimum atomic E-state index is 0.245. The zero-order chi connectivity index (χ0) is 17.4. The van der Waals surface area contributed by atoms with Gasteiger partial charge in [-0.25, -0.2) is 9.98 Å². The molecule has 0 spiro atoms. The molecular weight excluding hydrogens is 300 g/mol. The lowest BCUT2D eigenvalue weighted by Crippen LogP contribution is -2.13. The average molecular weight is 328 g/mol. The fourth-order valence-corrected chi connectivity index (χ4v) is 3.07. The number of aryl methyl sites for hydroxylation is 2. The Labute approximate surface area is 145 Å². The van der Waals surface area contributed by atoms with Crippen LogP contribution < -0.4 is 0 Å². The van der Waals surface area contributed by atoms with Crippen molar-refractivity contribution in [2.45, 2.75) is 53.6 Å². The van der Waals surface area contributed by atoms with Crippen LogP contribution in [-0.2, 0) is 9.47 Å². The Morgan fingerprint density at radius 3 is 1.54 bits per heavy atom. The van der Waals surface area contributed by atoms with Crippen LogP contribution in [0.5, 0.6) is 0 Å². The topological polar surface area (TPSA) is 43.2 Å². The maximum Gasteiger partial charge on any atom is 0.216 e. The van der Waals surface area contributed by atoms with Crippen LogP contribution in [0.3, 0.4) is 0 Å². The van der Waals surface area contributed by atoms with Gasteiger partial charge < -0.3 is 9.47 Å². The highest BCUT2D eigenvalue weighted by Crippen LogP contribution is 2.25. The van der Waals surface area contributed by atoms with Crippen LogP contribution in [0.25, 0.3) is 0 Å². The minimum absolute atomic E-state index is 0.245. The Kier molecular flexibility index (Phi) is 4.66. The molecule has 1 aromatic rings. The van der Waals surface area contributed by atoms with E-state index in [-0.39, 0.29) is 12.1 Å². The van der Waals surface area contributed by atoms with E-state index < -0.39 is 0 Å². The van der Waals surface area contributed by atoms with E-state index in [0.29, 0.717) is 25.0 Å². The highest BCUT2D eigenvalue weighted by atomic mass is 16.5. The van der Waals surface area contributed by atoms with Crippen LogP contribution >= 0.6 is 0 Å². The molecule has 0 N–H and O–H groups in total. The van der Waals surface area contributed by atoms with E-state index in [1.54, 1.807) is 0 Å². The Morgan fingerprint density at radius 1 is 0.792 bits per heavy atom. The molecule has 2 atom stereocenters. The van der Waals surface area contributed by atoms with Crippen molar-refractivity contribution in [1.29, 1.82) is 0 Å². The van der Waals surface area contributed by atoms with E-state index in [9.17, 15) is 0 Å². The van der Waals surface area contributed by atoms with Gasteiger partial charge in [-0.05, 0) is 42.9 Å². The van der Waals surface area contributed by atoms with Gasteiger partial charge in [0.2, 0.25) is 11.8 Å². The maximum atomic E-state index is 5.88. The molecule has 2 heterocycles. The number of nitrogens with zero attached hydrogens (tertiary/aromatic N) is 2. The van der Waals surface area contributed by atoms with Crippen molar-refractivity contribution < 1.29 is 9.47 Å². The highest BCUT2D eigenvalue weighted by molar-refractivity contribution is 6.02. The quantitative estimate of drug-likeness (QED) is 0.841. The van der Waals surface area contributed by atoms with Crippen LogP contribution in [0.1, 0.15) is 49.9 Å². The van der Waals surface area contributed by atoms with Gasteiger partial charge in [-0.15, -0.1) is 0 Å². The fourth-order valence-electron chi connectivity index (χ4n) is 3.07. The molecule has 0 radical (unpaired) electrons. The SMILES string of the molecule is Cc1cc(C)c(C2=N[C@H](C(C)C)CO2)cc1C1=N[C@H](C(C)C)CO1. The molecule has 0 fully saturated rings. The van der Waals surface area contributed by atoms with Gasteiger partial charge in [0.1, 0.15) is 13.2 Å². The summed E-state index contributed by atoms with van der Waals surface area (Å²) < 4.78 is 11.8. The third kappa shape index (κ3) is 3.19. The predicted molar refractivity (Wildman–Crippen MR) is 98.1 cm³/mol. The third-order valence-electron chi connectivity index (χ3n) is 4.92. The van der Waals surface area contributed by atoms with E-state index in [4.69, 9.17) is 19.5 Å². The van der Waals surface area contributed by atoms with Crippen molar-refractivity contribution in [3.8, 4) is 0 Å². The van der Waals surface area contributed by atoms with Crippen LogP contribution in [-0.4, -0.2) is 37.1 Å². The molecule has 130 valence electrons. The summed E-state index contributed by atoms with van der Waals surface area (Å²) in [6.45, 7) is 14.3. The molecule has 0 aromatic heterocycles. The van der Waals surface area contributed by atoms with Crippen molar-refractivity contribution in [2.75, 3.05) is 13.2 Å². The lowest BCUT2D eigenvalue weighted by Gasteiger charge is -2.12. The minimum Gasteiger partial charge on any atom is -0.475 e. The molecule has 1 aromatic carbocycles. The lowest BCUT2D eigenvalue weighted by molar-refractivity contribution is 0.291. The van der Waals surface area contributed by atoms with Crippen LogP contribution in [0.4, 0.5) is 0 Å². The van der Waals surface area contributed by atoms with E-state index in [1.165, 1.54) is 11.1 Å². The maximum absolute atomic E-state index is 5.88. The standard InChI is InChI=1S/C20H28N2O2/c1-11(2)17-9-23-19(21-17)15-8-16(14(6)7-13(15)5)20-22-18(10-24-20)12(3)4/h7-8,11-12,17-18H,9-10H2,1-6H3/t17-,18-/m0/s1. The van der Waals surface area contributed by atoms with Crippen molar-refractivity contribution in [2.24, 2.45) is 21.8 Å². The summed E-state index contributed by atoms with van der Waals surface area (Å²) in [5.74, 6) is 2.49. The summed E-state index contributed by atoms with van der Waals surface area (Å²) in [4.78, 5) is 9.55. The van der Waals surface area contributed by atoms with E-state index in [2.05, 4.69) is 53.7 Å². The first kappa shape index (κ1) is 17.0. The van der Waals surface area contributed by atoms with Crippen LogP contribution in [0.2, 0.25) is 0 Å². The monoisotopic (exact) mass is 328 g/mol. The van der Waals surface area contributed by atoms with Gasteiger partial charge in [-0.3, -0.25) is 0 Å². The largest absolute Gasteiger partial charge is 0.475 e. The first-order valence-electron chi connectivity index (χ1n) is 8.90. The number of hydrogen-bond donors (Lipinski definition) is 0. The summed E-state index contributed by atoms with van der Waals surface area (Å²) >= 11 is 0. The van der Waals surface area contributed by atoms with Gasteiger partial charge >= 0.3 is 0 Å². The molecule has 0 unspecified atom stereocenters. The highest BCUT2D eigenvalue weighted by Gasteiger charge is 2.27. The predicted octanol–water partition coefficient (Wildman–Crippen LogP) is 3.91. The molecule has 0 saturated heterocycles. The summed E-state index contributed by atoms with van der Waals surface area (Å²) in [5, 5.41) is 0. The summed E-state index contributed by atoms with van der Waals surface area (Å²) in [6, 6.07) is 4.80.